The summed E-state index contributed by atoms with van der Waals surface area (Å²) in [6.45, 7) is 3.43. The Morgan fingerprint density at radius 1 is 1.43 bits per heavy atom. The van der Waals surface area contributed by atoms with E-state index in [2.05, 4.69) is 9.71 Å². The molecule has 1 aromatic rings. The number of aromatic amines is 1. The molecule has 5 nitrogen and oxygen atoms in total. The van der Waals surface area contributed by atoms with E-state index in [4.69, 9.17) is 0 Å². The first kappa shape index (κ1) is 10.9. The molecular weight excluding hydrogens is 204 g/mol. The van der Waals surface area contributed by atoms with Gasteiger partial charge in [0.15, 0.2) is 0 Å². The average molecular weight is 216 g/mol. The zero-order valence-corrected chi connectivity index (χ0v) is 8.76. The summed E-state index contributed by atoms with van der Waals surface area (Å²) < 4.78 is 25.4. The Balaban J connectivity index is 3.11. The van der Waals surface area contributed by atoms with Crippen molar-refractivity contribution in [3.05, 3.63) is 28.7 Å². The van der Waals surface area contributed by atoms with E-state index in [-0.39, 0.29) is 10.9 Å². The SMILES string of the molecule is CC(C)NS(=O)(=O)c1cc[nH]c(=O)c1. The maximum Gasteiger partial charge on any atom is 0.249 e. The Morgan fingerprint density at radius 2 is 2.07 bits per heavy atom. The van der Waals surface area contributed by atoms with Gasteiger partial charge in [0.05, 0.1) is 4.90 Å². The highest BCUT2D eigenvalue weighted by Gasteiger charge is 2.14. The first-order valence-electron chi connectivity index (χ1n) is 4.13. The molecule has 1 aromatic heterocycles. The fourth-order valence-electron chi connectivity index (χ4n) is 0.970. The zero-order valence-electron chi connectivity index (χ0n) is 7.94. The van der Waals surface area contributed by atoms with Gasteiger partial charge in [0.1, 0.15) is 0 Å². The van der Waals surface area contributed by atoms with E-state index in [1.165, 1.54) is 12.3 Å². The van der Waals surface area contributed by atoms with E-state index in [1.807, 2.05) is 0 Å². The van der Waals surface area contributed by atoms with Gasteiger partial charge in [-0.15, -0.1) is 0 Å². The van der Waals surface area contributed by atoms with Gasteiger partial charge in [-0.25, -0.2) is 13.1 Å². The highest BCUT2D eigenvalue weighted by molar-refractivity contribution is 7.89. The van der Waals surface area contributed by atoms with E-state index >= 15 is 0 Å². The summed E-state index contributed by atoms with van der Waals surface area (Å²) in [5, 5.41) is 0. The first-order chi connectivity index (χ1) is 6.42. The van der Waals surface area contributed by atoms with Gasteiger partial charge < -0.3 is 4.98 Å². The van der Waals surface area contributed by atoms with Crippen LogP contribution in [0.4, 0.5) is 0 Å². The van der Waals surface area contributed by atoms with Crippen molar-refractivity contribution in [3.8, 4) is 0 Å². The van der Waals surface area contributed by atoms with Crippen molar-refractivity contribution in [2.75, 3.05) is 0 Å². The molecule has 0 saturated heterocycles. The average Bonchev–Trinajstić information content (AvgIpc) is 2.01. The number of pyridine rings is 1. The second-order valence-electron chi connectivity index (χ2n) is 3.16. The Morgan fingerprint density at radius 3 is 2.57 bits per heavy atom. The topological polar surface area (TPSA) is 79.0 Å². The van der Waals surface area contributed by atoms with Crippen LogP contribution in [0.25, 0.3) is 0 Å². The summed E-state index contributed by atoms with van der Waals surface area (Å²) >= 11 is 0. The number of rotatable bonds is 3. The molecule has 0 spiro atoms. The zero-order chi connectivity index (χ0) is 10.8. The fraction of sp³-hybridized carbons (Fsp3) is 0.375. The molecule has 0 fully saturated rings. The first-order valence-corrected chi connectivity index (χ1v) is 5.61. The smallest absolute Gasteiger partial charge is 0.249 e. The van der Waals surface area contributed by atoms with Crippen molar-refractivity contribution in [1.29, 1.82) is 0 Å². The van der Waals surface area contributed by atoms with Gasteiger partial charge in [-0.2, -0.15) is 0 Å². The molecule has 14 heavy (non-hydrogen) atoms. The van der Waals surface area contributed by atoms with Crippen LogP contribution in [-0.2, 0) is 10.0 Å². The summed E-state index contributed by atoms with van der Waals surface area (Å²) in [6, 6.07) is 2.19. The predicted molar refractivity (Wildman–Crippen MR) is 52.5 cm³/mol. The van der Waals surface area contributed by atoms with Crippen molar-refractivity contribution >= 4 is 10.0 Å². The maximum atomic E-state index is 11.5. The van der Waals surface area contributed by atoms with Crippen LogP contribution in [0, 0.1) is 0 Å². The van der Waals surface area contributed by atoms with Gasteiger partial charge in [0.2, 0.25) is 15.6 Å². The molecule has 0 bridgehead atoms. The summed E-state index contributed by atoms with van der Waals surface area (Å²) in [5.74, 6) is 0. The molecule has 0 atom stereocenters. The Hall–Kier alpha value is -1.14. The predicted octanol–water partition coefficient (Wildman–Crippen LogP) is 0.0616. The number of H-pyrrole nitrogens is 1. The fourth-order valence-corrected chi connectivity index (χ4v) is 2.24. The second kappa shape index (κ2) is 3.93. The standard InChI is InChI=1S/C8H12N2O3S/c1-6(2)10-14(12,13)7-3-4-9-8(11)5-7/h3-6,10H,1-2H3,(H,9,11). The Bertz CT molecular complexity index is 461. The monoisotopic (exact) mass is 216 g/mol. The Kier molecular flexibility index (Phi) is 3.07. The molecule has 0 radical (unpaired) electrons. The van der Waals surface area contributed by atoms with Gasteiger partial charge in [-0.1, -0.05) is 0 Å². The lowest BCUT2D eigenvalue weighted by Gasteiger charge is -2.08. The molecule has 0 aliphatic rings. The van der Waals surface area contributed by atoms with Crippen LogP contribution in [0.1, 0.15) is 13.8 Å². The minimum absolute atomic E-state index is 0.0186. The van der Waals surface area contributed by atoms with Crippen molar-refractivity contribution in [2.45, 2.75) is 24.8 Å². The number of aromatic nitrogens is 1. The number of nitrogens with one attached hydrogen (secondary N) is 2. The molecule has 0 aliphatic heterocycles. The quantitative estimate of drug-likeness (QED) is 0.750. The molecule has 6 heteroatoms. The third kappa shape index (κ3) is 2.68. The van der Waals surface area contributed by atoms with Crippen molar-refractivity contribution < 1.29 is 8.42 Å². The minimum atomic E-state index is -3.55. The summed E-state index contributed by atoms with van der Waals surface area (Å²) in [5.41, 5.74) is -0.434. The molecule has 0 unspecified atom stereocenters. The molecule has 0 aromatic carbocycles. The van der Waals surface area contributed by atoms with E-state index in [0.29, 0.717) is 0 Å². The van der Waals surface area contributed by atoms with Crippen LogP contribution in [0.5, 0.6) is 0 Å². The van der Waals surface area contributed by atoms with Crippen LogP contribution in [0.2, 0.25) is 0 Å². The van der Waals surface area contributed by atoms with Crippen molar-refractivity contribution in [2.24, 2.45) is 0 Å². The molecule has 1 rings (SSSR count). The van der Waals surface area contributed by atoms with Crippen molar-refractivity contribution in [3.63, 3.8) is 0 Å². The van der Waals surface area contributed by atoms with Gasteiger partial charge >= 0.3 is 0 Å². The largest absolute Gasteiger partial charge is 0.329 e. The normalized spacial score (nSPS) is 11.9. The third-order valence-corrected chi connectivity index (χ3v) is 3.10. The molecule has 0 saturated carbocycles. The summed E-state index contributed by atoms with van der Waals surface area (Å²) in [4.78, 5) is 13.2. The minimum Gasteiger partial charge on any atom is -0.329 e. The maximum absolute atomic E-state index is 11.5. The molecule has 0 aliphatic carbocycles. The van der Waals surface area contributed by atoms with Crippen LogP contribution in [0.15, 0.2) is 28.0 Å². The van der Waals surface area contributed by atoms with Gasteiger partial charge in [0.25, 0.3) is 0 Å². The van der Waals surface area contributed by atoms with Crippen molar-refractivity contribution in [1.82, 2.24) is 9.71 Å². The number of hydrogen-bond acceptors (Lipinski definition) is 3. The van der Waals surface area contributed by atoms with E-state index < -0.39 is 15.6 Å². The van der Waals surface area contributed by atoms with Crippen LogP contribution < -0.4 is 10.3 Å². The lowest BCUT2D eigenvalue weighted by molar-refractivity contribution is 0.569. The van der Waals surface area contributed by atoms with Gasteiger partial charge in [-0.3, -0.25) is 4.79 Å². The highest BCUT2D eigenvalue weighted by Crippen LogP contribution is 2.04. The lowest BCUT2D eigenvalue weighted by Crippen LogP contribution is -2.30. The van der Waals surface area contributed by atoms with Gasteiger partial charge in [-0.05, 0) is 19.9 Å². The molecule has 2 N–H and O–H groups in total. The van der Waals surface area contributed by atoms with Gasteiger partial charge in [0, 0.05) is 18.3 Å². The van der Waals surface area contributed by atoms with Crippen LogP contribution in [-0.4, -0.2) is 19.4 Å². The molecule has 78 valence electrons. The molecule has 0 amide bonds. The molecule has 1 heterocycles. The third-order valence-electron chi connectivity index (χ3n) is 1.45. The second-order valence-corrected chi connectivity index (χ2v) is 4.88. The van der Waals surface area contributed by atoms with E-state index in [1.54, 1.807) is 13.8 Å². The summed E-state index contributed by atoms with van der Waals surface area (Å²) in [7, 11) is -3.55. The Labute approximate surface area is 82.2 Å². The summed E-state index contributed by atoms with van der Waals surface area (Å²) in [6.07, 6.45) is 1.30. The van der Waals surface area contributed by atoms with Crippen LogP contribution in [0.3, 0.4) is 0 Å². The highest BCUT2D eigenvalue weighted by atomic mass is 32.2. The number of hydrogen-bond donors (Lipinski definition) is 2. The van der Waals surface area contributed by atoms with E-state index in [9.17, 15) is 13.2 Å². The van der Waals surface area contributed by atoms with E-state index in [0.717, 1.165) is 6.07 Å². The van der Waals surface area contributed by atoms with Crippen LogP contribution >= 0.6 is 0 Å². The number of sulfonamides is 1. The molecular formula is C8H12N2O3S. The lowest BCUT2D eigenvalue weighted by atomic mass is 10.4.